The molecule has 2 aromatic carbocycles. The second-order valence-electron chi connectivity index (χ2n) is 9.29. The fraction of sp³-hybridized carbons (Fsp3) is 0.364. The van der Waals surface area contributed by atoms with Crippen molar-refractivity contribution in [1.82, 2.24) is 14.7 Å². The van der Waals surface area contributed by atoms with E-state index >= 15 is 0 Å². The Morgan fingerprint density at radius 3 is 2.03 bits per heavy atom. The van der Waals surface area contributed by atoms with Gasteiger partial charge in [0.25, 0.3) is 0 Å². The van der Waals surface area contributed by atoms with Crippen LogP contribution >= 0.6 is 11.8 Å². The minimum absolute atomic E-state index is 0.415. The number of hydrogen-bond donors (Lipinski definition) is 0. The van der Waals surface area contributed by atoms with Crippen molar-refractivity contribution in [2.75, 3.05) is 39.8 Å². The van der Waals surface area contributed by atoms with E-state index in [0.717, 1.165) is 43.9 Å². The molecule has 0 N–H and O–H groups in total. The lowest BCUT2D eigenvalue weighted by Gasteiger charge is -2.42. The van der Waals surface area contributed by atoms with E-state index in [9.17, 15) is 0 Å². The molecule has 0 amide bonds. The van der Waals surface area contributed by atoms with Gasteiger partial charge in [0.15, 0.2) is 0 Å². The molecule has 3 nitrogen and oxygen atoms in total. The van der Waals surface area contributed by atoms with Crippen molar-refractivity contribution in [3.63, 3.8) is 0 Å². The molecule has 4 heteroatoms. The molecular formula is C33H44N3S. The van der Waals surface area contributed by atoms with Gasteiger partial charge in [0.05, 0.1) is 5.37 Å². The number of nitrogens with zero attached hydrogens (tertiary/aromatic N) is 3. The minimum atomic E-state index is 0.415. The van der Waals surface area contributed by atoms with E-state index in [1.54, 1.807) is 0 Å². The Kier molecular flexibility index (Phi) is 11.8. The molecule has 2 aliphatic rings. The summed E-state index contributed by atoms with van der Waals surface area (Å²) >= 11 is 1.91. The van der Waals surface area contributed by atoms with Crippen LogP contribution < -0.4 is 0 Å². The lowest BCUT2D eigenvalue weighted by molar-refractivity contribution is 0.0990. The van der Waals surface area contributed by atoms with E-state index in [1.165, 1.54) is 16.8 Å². The third-order valence-corrected chi connectivity index (χ3v) is 7.96. The predicted octanol–water partition coefficient (Wildman–Crippen LogP) is 7.44. The molecule has 1 fully saturated rings. The molecule has 2 atom stereocenters. The normalized spacial score (nSPS) is 18.0. The van der Waals surface area contributed by atoms with Crippen LogP contribution in [0.3, 0.4) is 0 Å². The van der Waals surface area contributed by atoms with Crippen LogP contribution in [0.1, 0.15) is 38.8 Å². The molecule has 2 unspecified atom stereocenters. The average molecular weight is 515 g/mol. The molecule has 0 spiro atoms. The first-order valence-corrected chi connectivity index (χ1v) is 14.5. The Morgan fingerprint density at radius 2 is 1.49 bits per heavy atom. The molecule has 1 aliphatic carbocycles. The Bertz CT molecular complexity index is 1050. The van der Waals surface area contributed by atoms with Gasteiger partial charge in [0.1, 0.15) is 0 Å². The van der Waals surface area contributed by atoms with E-state index in [4.69, 9.17) is 0 Å². The number of likely N-dealkylation sites (N-methyl/N-ethyl adjacent to an activating group) is 1. The standard InChI is InChI=1S/C31H38N3S.C2H6/c1-5-22-35-26(3)33-18-20-34(21-19-33)31(29-16-17-29)24-32(4)30(28-14-10-7-11-15-28)23-25(2)27-12-8-6-9-13-27;1-2/h5-17,22-23,26,31H,2,18-21,24H2,1,3-4H3;1-2H3/b22-5-,30-23-;. The third-order valence-electron chi connectivity index (χ3n) is 6.84. The fourth-order valence-electron chi connectivity index (χ4n) is 4.67. The van der Waals surface area contributed by atoms with Crippen LogP contribution in [0.2, 0.25) is 0 Å². The van der Waals surface area contributed by atoms with Crippen LogP contribution in [-0.2, 0) is 0 Å². The van der Waals surface area contributed by atoms with Gasteiger partial charge >= 0.3 is 0 Å². The summed E-state index contributed by atoms with van der Waals surface area (Å²) in [4.78, 5) is 7.69. The zero-order chi connectivity index (χ0) is 26.6. The van der Waals surface area contributed by atoms with Crippen molar-refractivity contribution < 1.29 is 0 Å². The zero-order valence-corrected chi connectivity index (χ0v) is 24.1. The van der Waals surface area contributed by atoms with Gasteiger partial charge in [0.2, 0.25) is 0 Å². The zero-order valence-electron chi connectivity index (χ0n) is 23.3. The topological polar surface area (TPSA) is 9.72 Å². The molecule has 0 aromatic heterocycles. The van der Waals surface area contributed by atoms with Gasteiger partial charge in [0, 0.05) is 57.9 Å². The lowest BCUT2D eigenvalue weighted by atomic mass is 10.0. The van der Waals surface area contributed by atoms with Crippen LogP contribution in [0.4, 0.5) is 0 Å². The van der Waals surface area contributed by atoms with Crippen molar-refractivity contribution in [3.05, 3.63) is 114 Å². The highest BCUT2D eigenvalue weighted by Crippen LogP contribution is 2.31. The van der Waals surface area contributed by atoms with Crippen LogP contribution in [-0.4, -0.2) is 65.9 Å². The van der Waals surface area contributed by atoms with Crippen LogP contribution in [0.25, 0.3) is 11.3 Å². The summed E-state index contributed by atoms with van der Waals surface area (Å²) in [5.74, 6) is 0. The van der Waals surface area contributed by atoms with Gasteiger partial charge in [-0.25, -0.2) is 0 Å². The number of thioether (sulfide) groups is 1. The summed E-state index contributed by atoms with van der Waals surface area (Å²) in [6, 6.07) is 21.6. The smallest absolute Gasteiger partial charge is 0.0570 e. The minimum Gasteiger partial charge on any atom is -0.372 e. The molecule has 1 radical (unpaired) electrons. The number of rotatable bonds is 11. The molecule has 4 rings (SSSR count). The summed E-state index contributed by atoms with van der Waals surface area (Å²) < 4.78 is 0. The van der Waals surface area contributed by atoms with Crippen LogP contribution in [0.15, 0.2) is 96.5 Å². The van der Waals surface area contributed by atoms with E-state index in [0.29, 0.717) is 11.4 Å². The molecule has 37 heavy (non-hydrogen) atoms. The van der Waals surface area contributed by atoms with Gasteiger partial charge in [-0.05, 0) is 47.6 Å². The number of benzene rings is 2. The van der Waals surface area contributed by atoms with Gasteiger partial charge in [-0.2, -0.15) is 0 Å². The van der Waals surface area contributed by atoms with Crippen molar-refractivity contribution >= 4 is 23.0 Å². The Balaban J connectivity index is 0.00000186. The summed E-state index contributed by atoms with van der Waals surface area (Å²) in [6.45, 7) is 18.2. The van der Waals surface area contributed by atoms with Crippen molar-refractivity contribution in [2.45, 2.75) is 39.1 Å². The molecular weight excluding hydrogens is 470 g/mol. The van der Waals surface area contributed by atoms with E-state index < -0.39 is 0 Å². The predicted molar refractivity (Wildman–Crippen MR) is 165 cm³/mol. The first kappa shape index (κ1) is 29.0. The average Bonchev–Trinajstić information content (AvgIpc) is 3.80. The number of hydrogen-bond acceptors (Lipinski definition) is 4. The van der Waals surface area contributed by atoms with E-state index in [1.807, 2.05) is 25.6 Å². The van der Waals surface area contributed by atoms with Gasteiger partial charge in [-0.15, -0.1) is 11.8 Å². The quantitative estimate of drug-likeness (QED) is 0.288. The summed E-state index contributed by atoms with van der Waals surface area (Å²) in [7, 11) is 2.22. The first-order chi connectivity index (χ1) is 18.1. The molecule has 197 valence electrons. The summed E-state index contributed by atoms with van der Waals surface area (Å²) in [5.41, 5.74) is 6.09. The van der Waals surface area contributed by atoms with Gasteiger partial charge in [-0.1, -0.05) is 93.2 Å². The van der Waals surface area contributed by atoms with Crippen molar-refractivity contribution in [1.29, 1.82) is 0 Å². The third kappa shape index (κ3) is 8.49. The van der Waals surface area contributed by atoms with Crippen molar-refractivity contribution in [3.8, 4) is 0 Å². The number of allylic oxidation sites excluding steroid dienone is 4. The molecule has 2 aromatic rings. The monoisotopic (exact) mass is 514 g/mol. The maximum absolute atomic E-state index is 4.39. The Hall–Kier alpha value is -2.53. The SMILES string of the molecule is C=C(/C=C(/c1ccccc1)N(C)CC(C1=C[CH]1)N1CCN(C(C)S/C=C\C)CC1)c1ccccc1.CC. The Morgan fingerprint density at radius 1 is 0.946 bits per heavy atom. The fourth-order valence-corrected chi connectivity index (χ4v) is 5.44. The second kappa shape index (κ2) is 15.0. The molecule has 1 saturated heterocycles. The van der Waals surface area contributed by atoms with Gasteiger partial charge in [-0.3, -0.25) is 9.80 Å². The second-order valence-corrected chi connectivity index (χ2v) is 10.5. The maximum atomic E-state index is 4.39. The molecule has 0 bridgehead atoms. The van der Waals surface area contributed by atoms with Crippen LogP contribution in [0.5, 0.6) is 0 Å². The molecule has 0 saturated carbocycles. The highest BCUT2D eigenvalue weighted by molar-refractivity contribution is 8.02. The largest absolute Gasteiger partial charge is 0.372 e. The first-order valence-electron chi connectivity index (χ1n) is 13.6. The lowest BCUT2D eigenvalue weighted by Crippen LogP contribution is -2.54. The molecule has 1 heterocycles. The van der Waals surface area contributed by atoms with E-state index in [2.05, 4.69) is 133 Å². The van der Waals surface area contributed by atoms with Crippen molar-refractivity contribution in [2.24, 2.45) is 0 Å². The highest BCUT2D eigenvalue weighted by Gasteiger charge is 2.32. The molecule has 1 aliphatic heterocycles. The Labute approximate surface area is 230 Å². The van der Waals surface area contributed by atoms with E-state index in [-0.39, 0.29) is 0 Å². The number of piperazine rings is 1. The van der Waals surface area contributed by atoms with Gasteiger partial charge < -0.3 is 4.90 Å². The van der Waals surface area contributed by atoms with Crippen LogP contribution in [0, 0.1) is 6.42 Å². The maximum Gasteiger partial charge on any atom is 0.0570 e. The summed E-state index contributed by atoms with van der Waals surface area (Å²) in [5, 5.41) is 2.73. The highest BCUT2D eigenvalue weighted by atomic mass is 32.2. The summed E-state index contributed by atoms with van der Waals surface area (Å²) in [6.07, 6.45) is 8.93.